The zero-order chi connectivity index (χ0) is 14.0. The molecule has 6 heteroatoms. The first kappa shape index (κ1) is 15.1. The van der Waals surface area contributed by atoms with Gasteiger partial charge in [0.25, 0.3) is 0 Å². The normalized spacial score (nSPS) is 12.7. The molecule has 4 nitrogen and oxygen atoms in total. The molecule has 3 N–H and O–H groups in total. The fourth-order valence-corrected chi connectivity index (χ4v) is 2.88. The first-order chi connectivity index (χ1) is 8.15. The molecule has 0 atom stereocenters. The highest BCUT2D eigenvalue weighted by atomic mass is 32.2. The molecule has 0 aliphatic rings. The summed E-state index contributed by atoms with van der Waals surface area (Å²) in [4.78, 5) is -0.0887. The Morgan fingerprint density at radius 1 is 1.33 bits per heavy atom. The summed E-state index contributed by atoms with van der Waals surface area (Å²) < 4.78 is 39.8. The van der Waals surface area contributed by atoms with Crippen molar-refractivity contribution >= 4 is 10.0 Å². The Morgan fingerprint density at radius 3 is 2.44 bits per heavy atom. The zero-order valence-electron chi connectivity index (χ0n) is 10.8. The molecule has 0 aromatic heterocycles. The van der Waals surface area contributed by atoms with Gasteiger partial charge in [-0.2, -0.15) is 0 Å². The van der Waals surface area contributed by atoms with Crippen LogP contribution in [0.2, 0.25) is 0 Å². The Kier molecular flexibility index (Phi) is 4.47. The van der Waals surface area contributed by atoms with Gasteiger partial charge in [0.05, 0.1) is 4.90 Å². The van der Waals surface area contributed by atoms with Crippen molar-refractivity contribution in [1.82, 2.24) is 4.72 Å². The van der Waals surface area contributed by atoms with Crippen LogP contribution in [0.1, 0.15) is 26.3 Å². The lowest BCUT2D eigenvalue weighted by Gasteiger charge is -2.19. The molecule has 0 radical (unpaired) electrons. The minimum absolute atomic E-state index is 0.0477. The van der Waals surface area contributed by atoms with Crippen LogP contribution in [0.3, 0.4) is 0 Å². The van der Waals surface area contributed by atoms with E-state index in [1.54, 1.807) is 0 Å². The van der Waals surface area contributed by atoms with E-state index in [1.807, 2.05) is 20.8 Å². The summed E-state index contributed by atoms with van der Waals surface area (Å²) in [7, 11) is -3.73. The van der Waals surface area contributed by atoms with E-state index >= 15 is 0 Å². The third-order valence-corrected chi connectivity index (χ3v) is 3.81. The molecular weight excluding hydrogens is 255 g/mol. The summed E-state index contributed by atoms with van der Waals surface area (Å²) in [5.74, 6) is -0.594. The third-order valence-electron chi connectivity index (χ3n) is 2.33. The summed E-state index contributed by atoms with van der Waals surface area (Å²) >= 11 is 0. The number of rotatable bonds is 4. The molecule has 1 rings (SSSR count). The highest BCUT2D eigenvalue weighted by molar-refractivity contribution is 7.89. The molecule has 0 amide bonds. The van der Waals surface area contributed by atoms with Gasteiger partial charge < -0.3 is 5.73 Å². The minimum Gasteiger partial charge on any atom is -0.326 e. The van der Waals surface area contributed by atoms with Crippen molar-refractivity contribution in [3.8, 4) is 0 Å². The Bertz CT molecular complexity index is 521. The molecule has 0 aliphatic heterocycles. The van der Waals surface area contributed by atoms with E-state index in [-0.39, 0.29) is 23.4 Å². The lowest BCUT2D eigenvalue weighted by atomic mass is 9.98. The Labute approximate surface area is 107 Å². The van der Waals surface area contributed by atoms with E-state index in [2.05, 4.69) is 4.72 Å². The molecule has 0 bridgehead atoms. The van der Waals surface area contributed by atoms with Gasteiger partial charge in [-0.05, 0) is 23.1 Å². The predicted octanol–water partition coefficient (Wildman–Crippen LogP) is 1.61. The topological polar surface area (TPSA) is 72.2 Å². The molecule has 0 spiro atoms. The molecule has 1 aromatic carbocycles. The van der Waals surface area contributed by atoms with Crippen LogP contribution in [-0.4, -0.2) is 15.0 Å². The van der Waals surface area contributed by atoms with Crippen molar-refractivity contribution in [2.45, 2.75) is 32.2 Å². The monoisotopic (exact) mass is 274 g/mol. The number of halogens is 1. The number of nitrogens with one attached hydrogen (secondary N) is 1. The second kappa shape index (κ2) is 5.34. The van der Waals surface area contributed by atoms with Crippen LogP contribution >= 0.6 is 0 Å². The van der Waals surface area contributed by atoms with Gasteiger partial charge in [-0.1, -0.05) is 26.8 Å². The Morgan fingerprint density at radius 2 is 1.94 bits per heavy atom. The van der Waals surface area contributed by atoms with E-state index in [0.717, 1.165) is 6.07 Å². The van der Waals surface area contributed by atoms with Crippen LogP contribution in [0.25, 0.3) is 0 Å². The average molecular weight is 274 g/mol. The van der Waals surface area contributed by atoms with E-state index in [4.69, 9.17) is 5.73 Å². The van der Waals surface area contributed by atoms with Gasteiger partial charge in [0.2, 0.25) is 10.0 Å². The highest BCUT2D eigenvalue weighted by Crippen LogP contribution is 2.18. The maximum atomic E-state index is 13.2. The van der Waals surface area contributed by atoms with Gasteiger partial charge >= 0.3 is 0 Å². The van der Waals surface area contributed by atoms with Crippen molar-refractivity contribution in [1.29, 1.82) is 0 Å². The van der Waals surface area contributed by atoms with E-state index < -0.39 is 15.8 Å². The van der Waals surface area contributed by atoms with E-state index in [9.17, 15) is 12.8 Å². The van der Waals surface area contributed by atoms with Crippen molar-refractivity contribution in [3.63, 3.8) is 0 Å². The predicted molar refractivity (Wildman–Crippen MR) is 68.9 cm³/mol. The van der Waals surface area contributed by atoms with Gasteiger partial charge in [-0.25, -0.2) is 17.5 Å². The van der Waals surface area contributed by atoms with Gasteiger partial charge in [0, 0.05) is 13.1 Å². The average Bonchev–Trinajstić information content (AvgIpc) is 2.26. The SMILES string of the molecule is CC(C)(C)CNS(=O)(=O)c1cc(F)ccc1CN. The van der Waals surface area contributed by atoms with Crippen LogP contribution < -0.4 is 10.5 Å². The Balaban J connectivity index is 3.08. The van der Waals surface area contributed by atoms with Crippen LogP contribution in [0.15, 0.2) is 23.1 Å². The third kappa shape index (κ3) is 4.04. The van der Waals surface area contributed by atoms with Crippen LogP contribution in [0.5, 0.6) is 0 Å². The summed E-state index contributed by atoms with van der Waals surface area (Å²) in [6.45, 7) is 6.04. The molecule has 102 valence electrons. The summed E-state index contributed by atoms with van der Waals surface area (Å²) in [6, 6.07) is 3.58. The van der Waals surface area contributed by atoms with Gasteiger partial charge in [-0.15, -0.1) is 0 Å². The van der Waals surface area contributed by atoms with Crippen LogP contribution in [0.4, 0.5) is 4.39 Å². The van der Waals surface area contributed by atoms with Crippen molar-refractivity contribution in [3.05, 3.63) is 29.6 Å². The van der Waals surface area contributed by atoms with Crippen molar-refractivity contribution in [2.24, 2.45) is 11.1 Å². The standard InChI is InChI=1S/C12H19FN2O2S/c1-12(2,3)8-15-18(16,17)11-6-10(13)5-4-9(11)7-14/h4-6,15H,7-8,14H2,1-3H3. The second-order valence-electron chi connectivity index (χ2n) is 5.34. The van der Waals surface area contributed by atoms with Crippen molar-refractivity contribution < 1.29 is 12.8 Å². The van der Waals surface area contributed by atoms with Gasteiger partial charge in [-0.3, -0.25) is 0 Å². The number of hydrogen-bond acceptors (Lipinski definition) is 3. The first-order valence-corrected chi connectivity index (χ1v) is 7.12. The van der Waals surface area contributed by atoms with Crippen molar-refractivity contribution in [2.75, 3.05) is 6.54 Å². The molecule has 0 aliphatic carbocycles. The largest absolute Gasteiger partial charge is 0.326 e. The van der Waals surface area contributed by atoms with E-state index in [0.29, 0.717) is 5.56 Å². The Hall–Kier alpha value is -0.980. The highest BCUT2D eigenvalue weighted by Gasteiger charge is 2.21. The quantitative estimate of drug-likeness (QED) is 0.876. The molecule has 1 aromatic rings. The minimum atomic E-state index is -3.73. The first-order valence-electron chi connectivity index (χ1n) is 5.64. The lowest BCUT2D eigenvalue weighted by Crippen LogP contribution is -2.33. The lowest BCUT2D eigenvalue weighted by molar-refractivity contribution is 0.407. The van der Waals surface area contributed by atoms with Crippen LogP contribution in [-0.2, 0) is 16.6 Å². The fourth-order valence-electron chi connectivity index (χ4n) is 1.34. The summed E-state index contributed by atoms with van der Waals surface area (Å²) in [5.41, 5.74) is 5.67. The number of nitrogens with two attached hydrogens (primary N) is 1. The zero-order valence-corrected chi connectivity index (χ0v) is 11.6. The molecule has 0 unspecified atom stereocenters. The maximum Gasteiger partial charge on any atom is 0.241 e. The molecular formula is C12H19FN2O2S. The maximum absolute atomic E-state index is 13.2. The molecule has 0 heterocycles. The van der Waals surface area contributed by atoms with E-state index in [1.165, 1.54) is 12.1 Å². The molecule has 0 saturated carbocycles. The van der Waals surface area contributed by atoms with Gasteiger partial charge in [0.15, 0.2) is 0 Å². The molecule has 0 fully saturated rings. The second-order valence-corrected chi connectivity index (χ2v) is 7.08. The van der Waals surface area contributed by atoms with Gasteiger partial charge in [0.1, 0.15) is 5.82 Å². The smallest absolute Gasteiger partial charge is 0.241 e. The summed E-state index contributed by atoms with van der Waals surface area (Å²) in [5, 5.41) is 0. The van der Waals surface area contributed by atoms with Crippen LogP contribution in [0, 0.1) is 11.2 Å². The summed E-state index contributed by atoms with van der Waals surface area (Å²) in [6.07, 6.45) is 0. The number of hydrogen-bond donors (Lipinski definition) is 2. The fraction of sp³-hybridized carbons (Fsp3) is 0.500. The number of benzene rings is 1. The molecule has 0 saturated heterocycles. The molecule has 18 heavy (non-hydrogen) atoms. The number of sulfonamides is 1.